The maximum absolute atomic E-state index is 12.6. The lowest BCUT2D eigenvalue weighted by Gasteiger charge is -2.24. The molecule has 1 aromatic carbocycles. The Bertz CT molecular complexity index is 1020. The number of anilines is 1. The number of hydrogen-bond acceptors (Lipinski definition) is 6. The maximum Gasteiger partial charge on any atom is 0.490 e. The smallest absolute Gasteiger partial charge is 0.475 e. The van der Waals surface area contributed by atoms with E-state index >= 15 is 0 Å². The summed E-state index contributed by atoms with van der Waals surface area (Å²) in [6, 6.07) is 9.73. The maximum atomic E-state index is 12.6. The Morgan fingerprint density at radius 3 is 2.63 bits per heavy atom. The summed E-state index contributed by atoms with van der Waals surface area (Å²) in [6.45, 7) is 1.38. The highest BCUT2D eigenvalue weighted by molar-refractivity contribution is 5.95. The fourth-order valence-electron chi connectivity index (χ4n) is 2.77. The highest BCUT2D eigenvalue weighted by atomic mass is 19.4. The summed E-state index contributed by atoms with van der Waals surface area (Å²) in [7, 11) is 0. The van der Waals surface area contributed by atoms with Crippen LogP contribution < -0.4 is 10.6 Å². The summed E-state index contributed by atoms with van der Waals surface area (Å²) in [4.78, 5) is 25.7. The number of nitrogens with one attached hydrogen (secondary N) is 3. The largest absolute Gasteiger partial charge is 0.490 e. The predicted molar refractivity (Wildman–Crippen MR) is 97.3 cm³/mol. The second kappa shape index (κ2) is 8.78. The first kappa shape index (κ1) is 21.0. The number of carbonyl (C=O) groups is 2. The van der Waals surface area contributed by atoms with Crippen molar-refractivity contribution in [3.8, 4) is 11.4 Å². The number of carboxylic acids is 1. The van der Waals surface area contributed by atoms with Crippen LogP contribution in [-0.4, -0.2) is 44.9 Å². The number of aromatic nitrogens is 3. The van der Waals surface area contributed by atoms with Crippen LogP contribution in [0.3, 0.4) is 0 Å². The van der Waals surface area contributed by atoms with Gasteiger partial charge in [-0.15, -0.1) is 5.10 Å². The van der Waals surface area contributed by atoms with Gasteiger partial charge in [-0.3, -0.25) is 15.2 Å². The highest BCUT2D eigenvalue weighted by Gasteiger charge is 2.38. The minimum absolute atomic E-state index is 0.123. The van der Waals surface area contributed by atoms with Crippen molar-refractivity contribution in [3.63, 3.8) is 0 Å². The first-order chi connectivity index (χ1) is 14.3. The van der Waals surface area contributed by atoms with Crippen LogP contribution in [0.25, 0.3) is 11.4 Å². The summed E-state index contributed by atoms with van der Waals surface area (Å²) in [5.74, 6) is -2.32. The Labute approximate surface area is 167 Å². The van der Waals surface area contributed by atoms with E-state index in [1.165, 1.54) is 0 Å². The SMILES string of the molecule is O=C(Nc1n[nH]c(-c2ccoc2)n1)C1CNCc2ccccc21.O=C(O)C(F)(F)F. The molecular formula is C18H16F3N5O4. The third-order valence-electron chi connectivity index (χ3n) is 4.17. The molecule has 30 heavy (non-hydrogen) atoms. The summed E-state index contributed by atoms with van der Waals surface area (Å²) in [5.41, 5.74) is 2.98. The van der Waals surface area contributed by atoms with Crippen molar-refractivity contribution >= 4 is 17.8 Å². The van der Waals surface area contributed by atoms with Crippen molar-refractivity contribution in [2.24, 2.45) is 0 Å². The number of fused-ring (bicyclic) bond motifs is 1. The summed E-state index contributed by atoms with van der Waals surface area (Å²) < 4.78 is 36.7. The number of alkyl halides is 3. The van der Waals surface area contributed by atoms with E-state index in [-0.39, 0.29) is 17.8 Å². The van der Waals surface area contributed by atoms with Crippen LogP contribution in [0.4, 0.5) is 19.1 Å². The summed E-state index contributed by atoms with van der Waals surface area (Å²) >= 11 is 0. The van der Waals surface area contributed by atoms with Gasteiger partial charge in [0.25, 0.3) is 0 Å². The van der Waals surface area contributed by atoms with E-state index in [9.17, 15) is 18.0 Å². The third-order valence-corrected chi connectivity index (χ3v) is 4.17. The van der Waals surface area contributed by atoms with Crippen LogP contribution in [0.2, 0.25) is 0 Å². The Balaban J connectivity index is 0.000000318. The van der Waals surface area contributed by atoms with Crippen molar-refractivity contribution in [3.05, 3.63) is 54.0 Å². The second-order valence-electron chi connectivity index (χ2n) is 6.19. The number of hydrogen-bond donors (Lipinski definition) is 4. The number of halogens is 3. The number of amides is 1. The molecule has 2 aromatic heterocycles. The van der Waals surface area contributed by atoms with Gasteiger partial charge in [0, 0.05) is 13.1 Å². The molecule has 4 N–H and O–H groups in total. The van der Waals surface area contributed by atoms with Gasteiger partial charge < -0.3 is 14.8 Å². The van der Waals surface area contributed by atoms with Gasteiger partial charge in [-0.2, -0.15) is 18.2 Å². The number of aliphatic carboxylic acids is 1. The molecule has 3 heterocycles. The molecule has 4 rings (SSSR count). The molecule has 1 unspecified atom stereocenters. The van der Waals surface area contributed by atoms with Gasteiger partial charge in [0.1, 0.15) is 6.26 Å². The molecule has 1 aliphatic heterocycles. The molecule has 0 aliphatic carbocycles. The number of aromatic amines is 1. The molecule has 0 saturated carbocycles. The van der Waals surface area contributed by atoms with Gasteiger partial charge >= 0.3 is 12.1 Å². The number of rotatable bonds is 3. The molecular weight excluding hydrogens is 407 g/mol. The number of H-pyrrole nitrogens is 1. The zero-order chi connectivity index (χ0) is 21.7. The molecule has 0 saturated heterocycles. The molecule has 158 valence electrons. The molecule has 0 spiro atoms. The molecule has 0 bridgehead atoms. The quantitative estimate of drug-likeness (QED) is 0.509. The Hall–Kier alpha value is -3.67. The van der Waals surface area contributed by atoms with Crippen LogP contribution in [0.15, 0.2) is 47.3 Å². The lowest BCUT2D eigenvalue weighted by molar-refractivity contribution is -0.192. The Morgan fingerprint density at radius 1 is 1.23 bits per heavy atom. The van der Waals surface area contributed by atoms with Crippen molar-refractivity contribution in [1.82, 2.24) is 20.5 Å². The molecule has 3 aromatic rings. The molecule has 0 fully saturated rings. The lowest BCUT2D eigenvalue weighted by atomic mass is 9.90. The fraction of sp³-hybridized carbons (Fsp3) is 0.222. The van der Waals surface area contributed by atoms with E-state index in [1.54, 1.807) is 18.6 Å². The first-order valence-electron chi connectivity index (χ1n) is 8.60. The normalized spacial score (nSPS) is 15.5. The van der Waals surface area contributed by atoms with E-state index in [4.69, 9.17) is 14.3 Å². The third kappa shape index (κ3) is 5.03. The molecule has 12 heteroatoms. The number of benzene rings is 1. The number of carboxylic acid groups (broad SMARTS) is 1. The average Bonchev–Trinajstić information content (AvgIpc) is 3.39. The van der Waals surface area contributed by atoms with Gasteiger partial charge in [-0.25, -0.2) is 4.79 Å². The van der Waals surface area contributed by atoms with E-state index in [2.05, 4.69) is 25.8 Å². The fourth-order valence-corrected chi connectivity index (χ4v) is 2.77. The van der Waals surface area contributed by atoms with E-state index in [1.807, 2.05) is 24.3 Å². The van der Waals surface area contributed by atoms with Crippen LogP contribution in [0.5, 0.6) is 0 Å². The van der Waals surface area contributed by atoms with Gasteiger partial charge in [0.2, 0.25) is 11.9 Å². The van der Waals surface area contributed by atoms with Crippen molar-refractivity contribution in [1.29, 1.82) is 0 Å². The first-order valence-corrected chi connectivity index (χ1v) is 8.60. The topological polar surface area (TPSA) is 133 Å². The van der Waals surface area contributed by atoms with E-state index < -0.39 is 12.1 Å². The molecule has 1 amide bonds. The molecule has 9 nitrogen and oxygen atoms in total. The van der Waals surface area contributed by atoms with Crippen LogP contribution >= 0.6 is 0 Å². The van der Waals surface area contributed by atoms with Crippen LogP contribution in [0, 0.1) is 0 Å². The van der Waals surface area contributed by atoms with Gasteiger partial charge in [-0.05, 0) is 17.2 Å². The summed E-state index contributed by atoms with van der Waals surface area (Å²) in [6.07, 6.45) is -1.96. The minimum atomic E-state index is -5.08. The Kier molecular flexibility index (Phi) is 6.16. The molecule has 0 radical (unpaired) electrons. The van der Waals surface area contributed by atoms with E-state index in [0.29, 0.717) is 12.4 Å². The van der Waals surface area contributed by atoms with Gasteiger partial charge in [0.15, 0.2) is 5.82 Å². The van der Waals surface area contributed by atoms with Crippen molar-refractivity contribution in [2.45, 2.75) is 18.6 Å². The van der Waals surface area contributed by atoms with Gasteiger partial charge in [-0.1, -0.05) is 24.3 Å². The summed E-state index contributed by atoms with van der Waals surface area (Å²) in [5, 5.41) is 20.0. The molecule has 1 aliphatic rings. The average molecular weight is 423 g/mol. The van der Waals surface area contributed by atoms with Crippen molar-refractivity contribution < 1.29 is 32.3 Å². The number of carbonyl (C=O) groups excluding carboxylic acids is 1. The second-order valence-corrected chi connectivity index (χ2v) is 6.19. The zero-order valence-corrected chi connectivity index (χ0v) is 15.2. The minimum Gasteiger partial charge on any atom is -0.475 e. The standard InChI is InChI=1S/C16H15N5O2.C2HF3O2/c22-15(13-8-17-7-10-3-1-2-4-12(10)13)19-16-18-14(20-21-16)11-5-6-23-9-11;3-2(4,5)1(6)7/h1-6,9,13,17H,7-8H2,(H2,18,19,20,21,22);(H,6,7). The van der Waals surface area contributed by atoms with Crippen LogP contribution in [-0.2, 0) is 16.1 Å². The Morgan fingerprint density at radius 2 is 1.97 bits per heavy atom. The zero-order valence-electron chi connectivity index (χ0n) is 15.2. The van der Waals surface area contributed by atoms with Gasteiger partial charge in [0.05, 0.1) is 17.7 Å². The van der Waals surface area contributed by atoms with Crippen LogP contribution in [0.1, 0.15) is 17.0 Å². The monoisotopic (exact) mass is 423 g/mol. The lowest BCUT2D eigenvalue weighted by Crippen LogP contribution is -2.35. The highest BCUT2D eigenvalue weighted by Crippen LogP contribution is 2.25. The predicted octanol–water partition coefficient (Wildman–Crippen LogP) is 2.52. The number of furan rings is 1. The molecule has 1 atom stereocenters. The van der Waals surface area contributed by atoms with E-state index in [0.717, 1.165) is 23.2 Å². The van der Waals surface area contributed by atoms with Crippen molar-refractivity contribution in [2.75, 3.05) is 11.9 Å². The number of nitrogens with zero attached hydrogens (tertiary/aromatic N) is 2.